The van der Waals surface area contributed by atoms with E-state index in [0.717, 1.165) is 32.5 Å². The fourth-order valence-corrected chi connectivity index (χ4v) is 2.25. The van der Waals surface area contributed by atoms with Gasteiger partial charge in [0.05, 0.1) is 0 Å². The lowest BCUT2D eigenvalue weighted by molar-refractivity contribution is 0.412. The lowest BCUT2D eigenvalue weighted by Crippen LogP contribution is -2.33. The number of para-hydroxylation sites is 1. The Kier molecular flexibility index (Phi) is 6.89. The van der Waals surface area contributed by atoms with Crippen LogP contribution in [0.5, 0.6) is 0 Å². The van der Waals surface area contributed by atoms with Gasteiger partial charge in [0.25, 0.3) is 0 Å². The van der Waals surface area contributed by atoms with E-state index in [-0.39, 0.29) is 6.04 Å². The molecule has 0 amide bonds. The third kappa shape index (κ3) is 4.84. The van der Waals surface area contributed by atoms with Crippen molar-refractivity contribution in [2.45, 2.75) is 32.7 Å². The van der Waals surface area contributed by atoms with Crippen LogP contribution >= 0.6 is 0 Å². The van der Waals surface area contributed by atoms with E-state index in [9.17, 15) is 0 Å². The first kappa shape index (κ1) is 16.0. The maximum Gasteiger partial charge on any atom is 0.0415 e. The minimum Gasteiger partial charge on any atom is -0.370 e. The second-order valence-electron chi connectivity index (χ2n) is 5.36. The summed E-state index contributed by atoms with van der Waals surface area (Å²) >= 11 is 0. The molecular weight excluding hydrogens is 234 g/mol. The number of nitrogens with two attached hydrogens (primary N) is 1. The Bertz CT molecular complexity index is 363. The molecule has 19 heavy (non-hydrogen) atoms. The highest BCUT2D eigenvalue weighted by Gasteiger charge is 2.14. The summed E-state index contributed by atoms with van der Waals surface area (Å²) in [7, 11) is 4.24. The topological polar surface area (TPSA) is 32.5 Å². The number of likely N-dealkylation sites (N-methyl/N-ethyl adjacent to an activating group) is 1. The number of hydrogen-bond acceptors (Lipinski definition) is 3. The Labute approximate surface area is 118 Å². The van der Waals surface area contributed by atoms with Crippen LogP contribution in [0.3, 0.4) is 0 Å². The third-order valence-corrected chi connectivity index (χ3v) is 3.43. The Morgan fingerprint density at radius 1 is 1.05 bits per heavy atom. The molecule has 0 aliphatic carbocycles. The van der Waals surface area contributed by atoms with E-state index in [1.165, 1.54) is 11.3 Å². The normalized spacial score (nSPS) is 12.7. The molecule has 0 aliphatic rings. The van der Waals surface area contributed by atoms with Crippen LogP contribution in [0.1, 0.15) is 38.3 Å². The van der Waals surface area contributed by atoms with E-state index in [1.807, 2.05) is 0 Å². The fraction of sp³-hybridized carbons (Fsp3) is 0.625. The molecule has 3 nitrogen and oxygen atoms in total. The largest absolute Gasteiger partial charge is 0.370 e. The number of hydrogen-bond donors (Lipinski definition) is 1. The highest BCUT2D eigenvalue weighted by atomic mass is 15.2. The van der Waals surface area contributed by atoms with Crippen LogP contribution in [0.4, 0.5) is 5.69 Å². The van der Waals surface area contributed by atoms with E-state index in [2.05, 4.69) is 62.0 Å². The molecule has 0 aliphatic heterocycles. The van der Waals surface area contributed by atoms with E-state index >= 15 is 0 Å². The highest BCUT2D eigenvalue weighted by Crippen LogP contribution is 2.26. The van der Waals surface area contributed by atoms with Gasteiger partial charge in [-0.3, -0.25) is 0 Å². The van der Waals surface area contributed by atoms with Gasteiger partial charge in [0, 0.05) is 31.4 Å². The van der Waals surface area contributed by atoms with Crippen LogP contribution in [0, 0.1) is 0 Å². The van der Waals surface area contributed by atoms with Gasteiger partial charge in [0.2, 0.25) is 0 Å². The lowest BCUT2D eigenvalue weighted by atomic mass is 10.0. The van der Waals surface area contributed by atoms with E-state index in [0.29, 0.717) is 0 Å². The summed E-state index contributed by atoms with van der Waals surface area (Å²) in [6, 6.07) is 8.71. The van der Waals surface area contributed by atoms with Crippen molar-refractivity contribution in [2.75, 3.05) is 38.6 Å². The third-order valence-electron chi connectivity index (χ3n) is 3.43. The van der Waals surface area contributed by atoms with Crippen LogP contribution < -0.4 is 10.6 Å². The number of benzene rings is 1. The molecule has 1 aromatic carbocycles. The summed E-state index contributed by atoms with van der Waals surface area (Å²) in [5.41, 5.74) is 8.83. The summed E-state index contributed by atoms with van der Waals surface area (Å²) in [5.74, 6) is 0. The molecule has 0 radical (unpaired) electrons. The molecule has 2 N–H and O–H groups in total. The van der Waals surface area contributed by atoms with Gasteiger partial charge < -0.3 is 15.5 Å². The van der Waals surface area contributed by atoms with E-state index in [4.69, 9.17) is 5.73 Å². The predicted octanol–water partition coefficient (Wildman–Crippen LogP) is 2.87. The van der Waals surface area contributed by atoms with Crippen LogP contribution in [-0.4, -0.2) is 38.6 Å². The molecule has 0 saturated carbocycles. The molecule has 3 heteroatoms. The van der Waals surface area contributed by atoms with Crippen molar-refractivity contribution in [3.8, 4) is 0 Å². The molecular formula is C16H29N3. The van der Waals surface area contributed by atoms with E-state index < -0.39 is 0 Å². The minimum absolute atomic E-state index is 0.134. The molecule has 0 bridgehead atoms. The first-order valence-corrected chi connectivity index (χ1v) is 7.34. The van der Waals surface area contributed by atoms with Gasteiger partial charge >= 0.3 is 0 Å². The Morgan fingerprint density at radius 2 is 1.74 bits per heavy atom. The number of nitrogens with zero attached hydrogens (tertiary/aromatic N) is 2. The molecule has 108 valence electrons. The van der Waals surface area contributed by atoms with Gasteiger partial charge in [-0.05, 0) is 38.6 Å². The lowest BCUT2D eigenvalue weighted by Gasteiger charge is -2.29. The summed E-state index contributed by atoms with van der Waals surface area (Å²) in [6.45, 7) is 7.57. The zero-order chi connectivity index (χ0) is 14.3. The smallest absolute Gasteiger partial charge is 0.0415 e. The quantitative estimate of drug-likeness (QED) is 0.783. The Hall–Kier alpha value is -1.06. The van der Waals surface area contributed by atoms with Crippen molar-refractivity contribution in [3.63, 3.8) is 0 Å². The van der Waals surface area contributed by atoms with Gasteiger partial charge in [-0.25, -0.2) is 0 Å². The van der Waals surface area contributed by atoms with Crippen molar-refractivity contribution < 1.29 is 0 Å². The van der Waals surface area contributed by atoms with Crippen molar-refractivity contribution >= 4 is 5.69 Å². The van der Waals surface area contributed by atoms with Crippen molar-refractivity contribution in [2.24, 2.45) is 5.73 Å². The second kappa shape index (κ2) is 8.18. The van der Waals surface area contributed by atoms with Crippen molar-refractivity contribution in [3.05, 3.63) is 29.8 Å². The highest BCUT2D eigenvalue weighted by molar-refractivity contribution is 5.55. The zero-order valence-electron chi connectivity index (χ0n) is 12.9. The van der Waals surface area contributed by atoms with Crippen LogP contribution in [0.25, 0.3) is 0 Å². The molecule has 1 rings (SSSR count). The van der Waals surface area contributed by atoms with Crippen LogP contribution in [0.15, 0.2) is 24.3 Å². The molecule has 1 atom stereocenters. The average Bonchev–Trinajstić information content (AvgIpc) is 2.42. The van der Waals surface area contributed by atoms with Crippen molar-refractivity contribution in [1.82, 2.24) is 4.90 Å². The number of rotatable bonds is 8. The first-order valence-electron chi connectivity index (χ1n) is 7.34. The molecule has 1 aromatic rings. The fourth-order valence-electron chi connectivity index (χ4n) is 2.25. The average molecular weight is 263 g/mol. The monoisotopic (exact) mass is 263 g/mol. The summed E-state index contributed by atoms with van der Waals surface area (Å²) in [6.07, 6.45) is 2.13. The summed E-state index contributed by atoms with van der Waals surface area (Å²) < 4.78 is 0. The SMILES string of the molecule is CCCN(CCN(C)C)c1ccccc1[C@H](N)CC. The minimum atomic E-state index is 0.134. The second-order valence-corrected chi connectivity index (χ2v) is 5.36. The van der Waals surface area contributed by atoms with Gasteiger partial charge in [0.1, 0.15) is 0 Å². The van der Waals surface area contributed by atoms with Gasteiger partial charge in [-0.2, -0.15) is 0 Å². The van der Waals surface area contributed by atoms with Gasteiger partial charge in [-0.1, -0.05) is 32.0 Å². The molecule has 0 heterocycles. The van der Waals surface area contributed by atoms with E-state index in [1.54, 1.807) is 0 Å². The Balaban J connectivity index is 2.94. The van der Waals surface area contributed by atoms with Gasteiger partial charge in [0.15, 0.2) is 0 Å². The van der Waals surface area contributed by atoms with Gasteiger partial charge in [-0.15, -0.1) is 0 Å². The molecule has 0 saturated heterocycles. The van der Waals surface area contributed by atoms with Crippen LogP contribution in [0.2, 0.25) is 0 Å². The predicted molar refractivity (Wildman–Crippen MR) is 84.7 cm³/mol. The standard InChI is InChI=1S/C16H29N3/c1-5-11-19(13-12-18(3)4)16-10-8-7-9-14(16)15(17)6-2/h7-10,15H,5-6,11-13,17H2,1-4H3/t15-/m1/s1. The maximum atomic E-state index is 6.25. The zero-order valence-corrected chi connectivity index (χ0v) is 12.9. The summed E-state index contributed by atoms with van der Waals surface area (Å²) in [5, 5.41) is 0. The first-order chi connectivity index (χ1) is 9.10. The molecule has 0 aromatic heterocycles. The Morgan fingerprint density at radius 3 is 2.32 bits per heavy atom. The maximum absolute atomic E-state index is 6.25. The molecule has 0 fully saturated rings. The molecule has 0 unspecified atom stereocenters. The van der Waals surface area contributed by atoms with Crippen LogP contribution in [-0.2, 0) is 0 Å². The summed E-state index contributed by atoms with van der Waals surface area (Å²) in [4.78, 5) is 4.69. The van der Waals surface area contributed by atoms with Crippen molar-refractivity contribution in [1.29, 1.82) is 0 Å². The number of anilines is 1. The molecule has 0 spiro atoms.